The summed E-state index contributed by atoms with van der Waals surface area (Å²) in [5.74, 6) is 0.172. The van der Waals surface area contributed by atoms with Crippen molar-refractivity contribution in [2.45, 2.75) is 32.7 Å². The van der Waals surface area contributed by atoms with Crippen molar-refractivity contribution in [3.8, 4) is 0 Å². The number of fused-ring (bicyclic) bond motifs is 2. The van der Waals surface area contributed by atoms with Crippen LogP contribution in [0.4, 0.5) is 22.0 Å². The molecule has 4 rings (SSSR count). The van der Waals surface area contributed by atoms with Crippen LogP contribution in [0.25, 0.3) is 0 Å². The number of rotatable bonds is 7. The molecule has 1 fully saturated rings. The zero-order valence-corrected chi connectivity index (χ0v) is 18.9. The molecule has 32 heavy (non-hydrogen) atoms. The first-order valence-electron chi connectivity index (χ1n) is 11.5. The number of benzene rings is 1. The van der Waals surface area contributed by atoms with Crippen LogP contribution >= 0.6 is 0 Å². The van der Waals surface area contributed by atoms with Crippen molar-refractivity contribution in [2.24, 2.45) is 0 Å². The van der Waals surface area contributed by atoms with Crippen LogP contribution in [0.2, 0.25) is 0 Å². The number of carbonyl (C=O) groups is 2. The van der Waals surface area contributed by atoms with Gasteiger partial charge in [0.25, 0.3) is 5.91 Å². The van der Waals surface area contributed by atoms with Crippen LogP contribution in [-0.2, 0) is 0 Å². The molecular weight excluding hydrogens is 404 g/mol. The standard InChI is InChI=1S/C24H32N6O2/c1-3-28(4-2)17-18-9-8-15-29(18)16-14-26-24(32)30-21-12-6-5-10-19(21)23(31)27-20-11-7-13-25-22(20)30/h5-7,10-13,18H,3-4,8-9,14-17H2,1-2H3,(H,26,32)(H,27,31). The van der Waals surface area contributed by atoms with Crippen molar-refractivity contribution >= 4 is 29.1 Å². The third kappa shape index (κ3) is 4.61. The summed E-state index contributed by atoms with van der Waals surface area (Å²) in [7, 11) is 0. The van der Waals surface area contributed by atoms with E-state index in [2.05, 4.69) is 39.3 Å². The molecule has 1 atom stereocenters. The normalized spacial score (nSPS) is 18.2. The average Bonchev–Trinajstić information content (AvgIpc) is 3.20. The van der Waals surface area contributed by atoms with E-state index in [-0.39, 0.29) is 11.9 Å². The zero-order valence-electron chi connectivity index (χ0n) is 18.9. The minimum absolute atomic E-state index is 0.249. The van der Waals surface area contributed by atoms with Crippen molar-refractivity contribution in [3.63, 3.8) is 0 Å². The van der Waals surface area contributed by atoms with E-state index in [1.54, 1.807) is 36.5 Å². The van der Waals surface area contributed by atoms with E-state index < -0.39 is 0 Å². The molecule has 3 heterocycles. The van der Waals surface area contributed by atoms with Gasteiger partial charge in [-0.1, -0.05) is 26.0 Å². The Balaban J connectivity index is 1.47. The minimum Gasteiger partial charge on any atom is -0.336 e. The van der Waals surface area contributed by atoms with Gasteiger partial charge in [0.05, 0.1) is 16.9 Å². The summed E-state index contributed by atoms with van der Waals surface area (Å²) in [4.78, 5) is 36.8. The van der Waals surface area contributed by atoms with E-state index in [1.165, 1.54) is 17.7 Å². The Hall–Kier alpha value is -2.97. The van der Waals surface area contributed by atoms with E-state index in [0.717, 1.165) is 32.7 Å². The second-order valence-corrected chi connectivity index (χ2v) is 8.23. The van der Waals surface area contributed by atoms with Crippen LogP contribution in [0, 0.1) is 0 Å². The van der Waals surface area contributed by atoms with Gasteiger partial charge < -0.3 is 15.5 Å². The number of hydrogen-bond acceptors (Lipinski definition) is 5. The lowest BCUT2D eigenvalue weighted by atomic mass is 10.1. The number of pyridine rings is 1. The molecule has 2 aromatic rings. The predicted molar refractivity (Wildman–Crippen MR) is 127 cm³/mol. The van der Waals surface area contributed by atoms with Gasteiger partial charge in [-0.25, -0.2) is 14.7 Å². The number of amides is 3. The van der Waals surface area contributed by atoms with Gasteiger partial charge in [0.15, 0.2) is 5.82 Å². The summed E-state index contributed by atoms with van der Waals surface area (Å²) in [5.41, 5.74) is 1.49. The maximum atomic E-state index is 13.3. The summed E-state index contributed by atoms with van der Waals surface area (Å²) >= 11 is 0. The molecule has 0 aliphatic carbocycles. The molecule has 2 N–H and O–H groups in total. The number of hydrogen-bond donors (Lipinski definition) is 2. The molecular formula is C24H32N6O2. The maximum absolute atomic E-state index is 13.3. The zero-order chi connectivity index (χ0) is 22.5. The second-order valence-electron chi connectivity index (χ2n) is 8.23. The van der Waals surface area contributed by atoms with Crippen molar-refractivity contribution in [1.29, 1.82) is 0 Å². The van der Waals surface area contributed by atoms with Gasteiger partial charge in [-0.2, -0.15) is 0 Å². The molecule has 0 saturated carbocycles. The second kappa shape index (κ2) is 10.1. The third-order valence-electron chi connectivity index (χ3n) is 6.38. The van der Waals surface area contributed by atoms with Crippen LogP contribution in [-0.4, -0.2) is 72.0 Å². The summed E-state index contributed by atoms with van der Waals surface area (Å²) in [5, 5.41) is 5.92. The number of nitrogens with zero attached hydrogens (tertiary/aromatic N) is 4. The first-order chi connectivity index (χ1) is 15.6. The van der Waals surface area contributed by atoms with Gasteiger partial charge in [0.2, 0.25) is 0 Å². The number of aromatic nitrogens is 1. The molecule has 0 spiro atoms. The van der Waals surface area contributed by atoms with Crippen LogP contribution < -0.4 is 15.5 Å². The van der Waals surface area contributed by atoms with E-state index in [9.17, 15) is 9.59 Å². The van der Waals surface area contributed by atoms with E-state index >= 15 is 0 Å². The summed E-state index contributed by atoms with van der Waals surface area (Å²) in [6, 6.07) is 10.9. The third-order valence-corrected chi connectivity index (χ3v) is 6.38. The lowest BCUT2D eigenvalue weighted by Crippen LogP contribution is -2.45. The highest BCUT2D eigenvalue weighted by molar-refractivity contribution is 6.16. The fourth-order valence-electron chi connectivity index (χ4n) is 4.60. The highest BCUT2D eigenvalue weighted by Gasteiger charge is 2.31. The van der Waals surface area contributed by atoms with E-state index in [1.807, 2.05) is 6.07 Å². The molecule has 1 aromatic heterocycles. The number of likely N-dealkylation sites (N-methyl/N-ethyl adjacent to an activating group) is 1. The first kappa shape index (κ1) is 22.2. The lowest BCUT2D eigenvalue weighted by Gasteiger charge is -2.30. The monoisotopic (exact) mass is 436 g/mol. The van der Waals surface area contributed by atoms with Crippen molar-refractivity contribution in [1.82, 2.24) is 20.1 Å². The SMILES string of the molecule is CCN(CC)CC1CCCN1CCNC(=O)N1c2ccccc2C(=O)Nc2cccnc21. The number of nitrogens with one attached hydrogen (secondary N) is 2. The van der Waals surface area contributed by atoms with Crippen LogP contribution in [0.15, 0.2) is 42.6 Å². The molecule has 170 valence electrons. The topological polar surface area (TPSA) is 80.8 Å². The minimum atomic E-state index is -0.284. The molecule has 2 aliphatic rings. The van der Waals surface area contributed by atoms with E-state index in [4.69, 9.17) is 0 Å². The van der Waals surface area contributed by atoms with E-state index in [0.29, 0.717) is 35.3 Å². The Morgan fingerprint density at radius 2 is 2.03 bits per heavy atom. The van der Waals surface area contributed by atoms with Gasteiger partial charge in [-0.05, 0) is 56.7 Å². The molecule has 1 saturated heterocycles. The molecule has 2 aliphatic heterocycles. The quantitative estimate of drug-likeness (QED) is 0.696. The molecule has 8 heteroatoms. The lowest BCUT2D eigenvalue weighted by molar-refractivity contribution is 0.102. The van der Waals surface area contributed by atoms with Gasteiger partial charge in [-0.3, -0.25) is 9.69 Å². The number of para-hydroxylation sites is 1. The van der Waals surface area contributed by atoms with Crippen molar-refractivity contribution in [2.75, 3.05) is 49.5 Å². The largest absolute Gasteiger partial charge is 0.336 e. The Kier molecular flexibility index (Phi) is 7.02. The molecule has 0 bridgehead atoms. The summed E-state index contributed by atoms with van der Waals surface area (Å²) in [6.07, 6.45) is 4.03. The number of anilines is 3. The smallest absolute Gasteiger partial charge is 0.327 e. The Morgan fingerprint density at radius 3 is 2.84 bits per heavy atom. The molecule has 8 nitrogen and oxygen atoms in total. The predicted octanol–water partition coefficient (Wildman–Crippen LogP) is 3.30. The maximum Gasteiger partial charge on any atom is 0.327 e. The van der Waals surface area contributed by atoms with Gasteiger partial charge in [-0.15, -0.1) is 0 Å². The van der Waals surface area contributed by atoms with Gasteiger partial charge in [0.1, 0.15) is 0 Å². The molecule has 0 radical (unpaired) electrons. The van der Waals surface area contributed by atoms with Gasteiger partial charge >= 0.3 is 6.03 Å². The van der Waals surface area contributed by atoms with Crippen LogP contribution in [0.5, 0.6) is 0 Å². The number of carbonyl (C=O) groups excluding carboxylic acids is 2. The summed E-state index contributed by atoms with van der Waals surface area (Å²) in [6.45, 7) is 10.0. The van der Waals surface area contributed by atoms with Crippen molar-refractivity contribution < 1.29 is 9.59 Å². The number of urea groups is 1. The highest BCUT2D eigenvalue weighted by Crippen LogP contribution is 2.35. The van der Waals surface area contributed by atoms with Gasteiger partial charge in [0, 0.05) is 31.9 Å². The Bertz CT molecular complexity index is 961. The molecule has 1 aromatic carbocycles. The first-order valence-corrected chi connectivity index (χ1v) is 11.5. The Morgan fingerprint density at radius 1 is 1.22 bits per heavy atom. The van der Waals surface area contributed by atoms with Crippen LogP contribution in [0.1, 0.15) is 37.0 Å². The summed E-state index contributed by atoms with van der Waals surface area (Å²) < 4.78 is 0. The molecule has 1 unspecified atom stereocenters. The number of likely N-dealkylation sites (tertiary alicyclic amines) is 1. The fourth-order valence-corrected chi connectivity index (χ4v) is 4.60. The average molecular weight is 437 g/mol. The highest BCUT2D eigenvalue weighted by atomic mass is 16.2. The fraction of sp³-hybridized carbons (Fsp3) is 0.458. The van der Waals surface area contributed by atoms with Crippen LogP contribution in [0.3, 0.4) is 0 Å². The van der Waals surface area contributed by atoms with Crippen molar-refractivity contribution in [3.05, 3.63) is 48.2 Å². The Labute approximate surface area is 189 Å². The molecule has 3 amide bonds.